The highest BCUT2D eigenvalue weighted by molar-refractivity contribution is 6.04. The highest BCUT2D eigenvalue weighted by Crippen LogP contribution is 2.41. The summed E-state index contributed by atoms with van der Waals surface area (Å²) in [6.07, 6.45) is 7.82. The molecule has 1 atom stereocenters. The lowest BCUT2D eigenvalue weighted by Crippen LogP contribution is -2.64. The average Bonchev–Trinajstić information content (AvgIpc) is 3.35. The van der Waals surface area contributed by atoms with Crippen molar-refractivity contribution in [1.29, 1.82) is 0 Å². The van der Waals surface area contributed by atoms with Crippen molar-refractivity contribution in [2.45, 2.75) is 69.6 Å². The quantitative estimate of drug-likeness (QED) is 0.309. The first-order valence-corrected chi connectivity index (χ1v) is 14.5. The van der Waals surface area contributed by atoms with Crippen molar-refractivity contribution in [3.8, 4) is 5.75 Å². The van der Waals surface area contributed by atoms with Crippen molar-refractivity contribution in [2.75, 3.05) is 7.11 Å². The summed E-state index contributed by atoms with van der Waals surface area (Å²) in [4.78, 5) is 31.2. The van der Waals surface area contributed by atoms with E-state index in [1.807, 2.05) is 89.5 Å². The molecule has 0 spiro atoms. The lowest BCUT2D eigenvalue weighted by atomic mass is 9.83. The van der Waals surface area contributed by atoms with Gasteiger partial charge in [-0.25, -0.2) is 0 Å². The van der Waals surface area contributed by atoms with E-state index in [4.69, 9.17) is 4.74 Å². The van der Waals surface area contributed by atoms with Gasteiger partial charge in [0.05, 0.1) is 20.2 Å². The summed E-state index contributed by atoms with van der Waals surface area (Å²) >= 11 is 0. The van der Waals surface area contributed by atoms with Crippen LogP contribution in [-0.4, -0.2) is 34.4 Å². The number of nitrogens with zero attached hydrogens (tertiary/aromatic N) is 2. The molecule has 0 unspecified atom stereocenters. The molecule has 1 saturated carbocycles. The van der Waals surface area contributed by atoms with Crippen LogP contribution in [0.2, 0.25) is 0 Å². The summed E-state index contributed by atoms with van der Waals surface area (Å²) < 4.78 is 7.72. The Morgan fingerprint density at radius 3 is 2.35 bits per heavy atom. The molecule has 1 aromatic heterocycles. The molecule has 2 amide bonds. The molecule has 2 aliphatic rings. The Morgan fingerprint density at radius 1 is 0.900 bits per heavy atom. The molecule has 1 aliphatic carbocycles. The van der Waals surface area contributed by atoms with Crippen LogP contribution in [0.15, 0.2) is 84.9 Å². The largest absolute Gasteiger partial charge is 0.496 e. The van der Waals surface area contributed by atoms with Crippen LogP contribution < -0.4 is 10.1 Å². The van der Waals surface area contributed by atoms with Gasteiger partial charge in [-0.05, 0) is 36.6 Å². The molecule has 1 N–H and O–H groups in total. The van der Waals surface area contributed by atoms with Gasteiger partial charge >= 0.3 is 0 Å². The number of nitrogens with one attached hydrogen (secondary N) is 1. The normalized spacial score (nSPS) is 20.0. The Balaban J connectivity index is 1.52. The van der Waals surface area contributed by atoms with E-state index >= 15 is 0 Å². The molecule has 6 nitrogen and oxygen atoms in total. The van der Waals surface area contributed by atoms with Gasteiger partial charge in [0.2, 0.25) is 0 Å². The van der Waals surface area contributed by atoms with E-state index in [2.05, 4.69) is 5.32 Å². The number of carbonyl (C=O) groups excluding carboxylic acids is 2. The Morgan fingerprint density at radius 2 is 1.57 bits per heavy atom. The molecule has 3 aromatic carbocycles. The summed E-state index contributed by atoms with van der Waals surface area (Å²) in [5, 5.41) is 4.45. The Hall–Kier alpha value is -4.06. The van der Waals surface area contributed by atoms with E-state index in [1.165, 1.54) is 19.3 Å². The first-order valence-electron chi connectivity index (χ1n) is 14.5. The fourth-order valence-electron chi connectivity index (χ4n) is 6.59. The highest BCUT2D eigenvalue weighted by atomic mass is 16.5. The SMILES string of the molecule is COc1ccccc1CN1C(=O)c2cc3ccccc3n2C[C@@]1(C(=O)NC1CCCCCCC1)c1ccccc1. The van der Waals surface area contributed by atoms with Gasteiger partial charge in [0.25, 0.3) is 11.8 Å². The van der Waals surface area contributed by atoms with Gasteiger partial charge in [0, 0.05) is 22.5 Å². The van der Waals surface area contributed by atoms with Gasteiger partial charge in [0.1, 0.15) is 11.4 Å². The fraction of sp³-hybridized carbons (Fsp3) is 0.353. The van der Waals surface area contributed by atoms with Gasteiger partial charge < -0.3 is 19.5 Å². The van der Waals surface area contributed by atoms with Crippen molar-refractivity contribution in [3.05, 3.63) is 102 Å². The number of carbonyl (C=O) groups is 2. The van der Waals surface area contributed by atoms with Gasteiger partial charge in [0.15, 0.2) is 5.54 Å². The topological polar surface area (TPSA) is 63.6 Å². The van der Waals surface area contributed by atoms with Gasteiger partial charge in [-0.2, -0.15) is 0 Å². The molecule has 6 heteroatoms. The van der Waals surface area contributed by atoms with Crippen LogP contribution in [-0.2, 0) is 23.4 Å². The molecule has 0 bridgehead atoms. The Labute approximate surface area is 235 Å². The zero-order valence-electron chi connectivity index (χ0n) is 23.1. The Kier molecular flexibility index (Phi) is 7.33. The molecular weight excluding hydrogens is 498 g/mol. The number of amides is 2. The molecule has 4 aromatic rings. The van der Waals surface area contributed by atoms with Crippen LogP contribution in [0.5, 0.6) is 5.75 Å². The lowest BCUT2D eigenvalue weighted by molar-refractivity contribution is -0.136. The van der Waals surface area contributed by atoms with E-state index in [9.17, 15) is 9.59 Å². The minimum absolute atomic E-state index is 0.0967. The van der Waals surface area contributed by atoms with Crippen molar-refractivity contribution in [3.63, 3.8) is 0 Å². The summed E-state index contributed by atoms with van der Waals surface area (Å²) in [6.45, 7) is 0.580. The summed E-state index contributed by atoms with van der Waals surface area (Å²) in [5.41, 5.74) is 1.99. The Bertz CT molecular complexity index is 1500. The average molecular weight is 536 g/mol. The van der Waals surface area contributed by atoms with Crippen molar-refractivity contribution in [1.82, 2.24) is 14.8 Å². The summed E-state index contributed by atoms with van der Waals surface area (Å²) in [5.74, 6) is 0.421. The molecule has 6 rings (SSSR count). The van der Waals surface area contributed by atoms with Crippen LogP contribution in [0.3, 0.4) is 0 Å². The molecule has 2 heterocycles. The molecule has 0 saturated heterocycles. The zero-order chi connectivity index (χ0) is 27.5. The third kappa shape index (κ3) is 4.66. The minimum Gasteiger partial charge on any atom is -0.496 e. The molecule has 1 fully saturated rings. The van der Waals surface area contributed by atoms with Crippen LogP contribution in [0, 0.1) is 0 Å². The number of hydrogen-bond acceptors (Lipinski definition) is 3. The summed E-state index contributed by atoms with van der Waals surface area (Å²) in [7, 11) is 1.64. The minimum atomic E-state index is -1.24. The predicted molar refractivity (Wildman–Crippen MR) is 157 cm³/mol. The van der Waals surface area contributed by atoms with E-state index in [0.717, 1.165) is 47.7 Å². The second kappa shape index (κ2) is 11.2. The first kappa shape index (κ1) is 26.2. The number of benzene rings is 3. The third-order valence-electron chi connectivity index (χ3n) is 8.71. The zero-order valence-corrected chi connectivity index (χ0v) is 23.1. The van der Waals surface area contributed by atoms with E-state index < -0.39 is 5.54 Å². The number of fused-ring (bicyclic) bond motifs is 3. The molecule has 40 heavy (non-hydrogen) atoms. The molecular formula is C34H37N3O3. The standard InChI is InChI=1S/C34H37N3O3/c1-40-31-21-13-11-15-26(31)23-37-32(38)30-22-25-14-10-12-20-29(25)36(30)24-34(37,27-16-6-5-7-17-27)33(39)35-28-18-8-3-2-4-9-19-28/h5-7,10-17,20-22,28H,2-4,8-9,18-19,23-24H2,1H3,(H,35,39)/t34-/m0/s1. The van der Waals surface area contributed by atoms with Crippen LogP contribution in [0.1, 0.15) is 66.6 Å². The van der Waals surface area contributed by atoms with E-state index in [0.29, 0.717) is 18.0 Å². The highest BCUT2D eigenvalue weighted by Gasteiger charge is 2.53. The number of para-hydroxylation sites is 2. The van der Waals surface area contributed by atoms with Gasteiger partial charge in [-0.3, -0.25) is 9.59 Å². The fourth-order valence-corrected chi connectivity index (χ4v) is 6.59. The second-order valence-electron chi connectivity index (χ2n) is 11.1. The number of rotatable bonds is 6. The van der Waals surface area contributed by atoms with Gasteiger partial charge in [-0.1, -0.05) is 98.8 Å². The third-order valence-corrected chi connectivity index (χ3v) is 8.71. The van der Waals surface area contributed by atoms with Crippen LogP contribution in [0.4, 0.5) is 0 Å². The summed E-state index contributed by atoms with van der Waals surface area (Å²) in [6, 6.07) is 27.6. The monoisotopic (exact) mass is 535 g/mol. The smallest absolute Gasteiger partial charge is 0.272 e. The van der Waals surface area contributed by atoms with Crippen molar-refractivity contribution >= 4 is 22.7 Å². The van der Waals surface area contributed by atoms with Gasteiger partial charge in [-0.15, -0.1) is 0 Å². The molecule has 206 valence electrons. The first-order chi connectivity index (χ1) is 19.6. The molecule has 1 aliphatic heterocycles. The van der Waals surface area contributed by atoms with Crippen molar-refractivity contribution < 1.29 is 14.3 Å². The lowest BCUT2D eigenvalue weighted by Gasteiger charge is -2.47. The maximum absolute atomic E-state index is 14.8. The predicted octanol–water partition coefficient (Wildman–Crippen LogP) is 6.43. The second-order valence-corrected chi connectivity index (χ2v) is 11.1. The number of ether oxygens (including phenoxy) is 1. The number of methoxy groups -OCH3 is 1. The van der Waals surface area contributed by atoms with Crippen molar-refractivity contribution in [2.24, 2.45) is 0 Å². The number of aromatic nitrogens is 1. The van der Waals surface area contributed by atoms with E-state index in [-0.39, 0.29) is 24.4 Å². The number of hydrogen-bond donors (Lipinski definition) is 1. The van der Waals surface area contributed by atoms with Crippen LogP contribution in [0.25, 0.3) is 10.9 Å². The maximum atomic E-state index is 14.8. The van der Waals surface area contributed by atoms with E-state index in [1.54, 1.807) is 12.0 Å². The molecule has 0 radical (unpaired) electrons. The van der Waals surface area contributed by atoms with Crippen LogP contribution >= 0.6 is 0 Å². The maximum Gasteiger partial charge on any atom is 0.272 e.